The van der Waals surface area contributed by atoms with Crippen LogP contribution in [0, 0.1) is 0 Å². The summed E-state index contributed by atoms with van der Waals surface area (Å²) < 4.78 is 29.1. The number of nitrogens with one attached hydrogen (secondary N) is 1. The number of rotatable bonds is 14. The van der Waals surface area contributed by atoms with Crippen molar-refractivity contribution in [2.75, 3.05) is 17.4 Å². The first kappa shape index (κ1) is 32.4. The zero-order valence-corrected chi connectivity index (χ0v) is 26.0. The van der Waals surface area contributed by atoms with Gasteiger partial charge in [-0.1, -0.05) is 92.9 Å². The molecule has 2 amide bonds. The van der Waals surface area contributed by atoms with Gasteiger partial charge in [0, 0.05) is 13.1 Å². The molecule has 1 N–H and O–H groups in total. The van der Waals surface area contributed by atoms with E-state index in [0.717, 1.165) is 22.7 Å². The van der Waals surface area contributed by atoms with Crippen LogP contribution < -0.4 is 9.62 Å². The second kappa shape index (κ2) is 15.2. The summed E-state index contributed by atoms with van der Waals surface area (Å²) >= 11 is 12.4. The van der Waals surface area contributed by atoms with Crippen LogP contribution in [0.4, 0.5) is 5.69 Å². The summed E-state index contributed by atoms with van der Waals surface area (Å²) in [6.07, 6.45) is 2.61. The number of nitrogens with zero attached hydrogens (tertiary/aromatic N) is 2. The molecular formula is C31H37Cl2N3O4S. The van der Waals surface area contributed by atoms with Crippen LogP contribution in [0.3, 0.4) is 0 Å². The van der Waals surface area contributed by atoms with E-state index in [9.17, 15) is 18.0 Å². The van der Waals surface area contributed by atoms with Crippen molar-refractivity contribution in [1.29, 1.82) is 0 Å². The van der Waals surface area contributed by atoms with Gasteiger partial charge >= 0.3 is 0 Å². The zero-order chi connectivity index (χ0) is 30.0. The van der Waals surface area contributed by atoms with E-state index in [-0.39, 0.29) is 17.3 Å². The smallest absolute Gasteiger partial charge is 0.264 e. The molecule has 3 rings (SSSR count). The predicted octanol–water partition coefficient (Wildman–Crippen LogP) is 6.47. The summed E-state index contributed by atoms with van der Waals surface area (Å²) in [5.41, 5.74) is 1.86. The van der Waals surface area contributed by atoms with Crippen LogP contribution in [0.2, 0.25) is 10.0 Å². The molecule has 0 saturated heterocycles. The summed E-state index contributed by atoms with van der Waals surface area (Å²) in [5, 5.41) is 3.61. The van der Waals surface area contributed by atoms with Gasteiger partial charge in [0.25, 0.3) is 10.0 Å². The third-order valence-corrected chi connectivity index (χ3v) is 9.32. The normalized spacial score (nSPS) is 12.0. The molecule has 0 radical (unpaired) electrons. The molecule has 0 aliphatic heterocycles. The molecule has 7 nitrogen and oxygen atoms in total. The number of para-hydroxylation sites is 1. The fourth-order valence-corrected chi connectivity index (χ4v) is 6.34. The van der Waals surface area contributed by atoms with Gasteiger partial charge in [-0.15, -0.1) is 0 Å². The molecule has 0 bridgehead atoms. The van der Waals surface area contributed by atoms with E-state index in [0.29, 0.717) is 40.7 Å². The van der Waals surface area contributed by atoms with E-state index in [4.69, 9.17) is 23.2 Å². The van der Waals surface area contributed by atoms with Crippen LogP contribution in [-0.4, -0.2) is 44.3 Å². The van der Waals surface area contributed by atoms with Crippen molar-refractivity contribution in [3.8, 4) is 0 Å². The van der Waals surface area contributed by atoms with Crippen molar-refractivity contribution in [3.63, 3.8) is 0 Å². The standard InChI is InChI=1S/C31H37Cl2N3O4S/c1-4-7-19-34-31(38)28(6-3)35(21-23-17-18-26(32)27(33)20-23)30(37)22-36(29-16-12-11-13-24(29)5-2)41(39,40)25-14-9-8-10-15-25/h8-18,20,28H,4-7,19,21-22H2,1-3H3,(H,34,38). The lowest BCUT2D eigenvalue weighted by atomic mass is 10.1. The van der Waals surface area contributed by atoms with E-state index < -0.39 is 28.5 Å². The first-order valence-electron chi connectivity index (χ1n) is 13.8. The highest BCUT2D eigenvalue weighted by Gasteiger charge is 2.34. The van der Waals surface area contributed by atoms with Crippen molar-refractivity contribution in [1.82, 2.24) is 10.2 Å². The molecule has 3 aromatic carbocycles. The third-order valence-electron chi connectivity index (χ3n) is 6.80. The minimum atomic E-state index is -4.12. The number of halogens is 2. The summed E-state index contributed by atoms with van der Waals surface area (Å²) in [6.45, 7) is 5.82. The Morgan fingerprint density at radius 2 is 1.59 bits per heavy atom. The maximum atomic E-state index is 14.2. The topological polar surface area (TPSA) is 86.8 Å². The first-order valence-corrected chi connectivity index (χ1v) is 16.0. The van der Waals surface area contributed by atoms with Crippen LogP contribution in [0.15, 0.2) is 77.7 Å². The number of aryl methyl sites for hydroxylation is 1. The fraction of sp³-hybridized carbons (Fsp3) is 0.355. The summed E-state index contributed by atoms with van der Waals surface area (Å²) in [5.74, 6) is -0.806. The number of carbonyl (C=O) groups excluding carboxylic acids is 2. The summed E-state index contributed by atoms with van der Waals surface area (Å²) in [6, 6.07) is 19.3. The van der Waals surface area contributed by atoms with Crippen LogP contribution in [0.5, 0.6) is 0 Å². The number of hydrogen-bond donors (Lipinski definition) is 1. The van der Waals surface area contributed by atoms with Gasteiger partial charge in [0.2, 0.25) is 11.8 Å². The number of carbonyl (C=O) groups is 2. The number of benzene rings is 3. The molecule has 1 atom stereocenters. The van der Waals surface area contributed by atoms with Gasteiger partial charge in [-0.25, -0.2) is 8.42 Å². The molecule has 0 fully saturated rings. The Morgan fingerprint density at radius 1 is 0.902 bits per heavy atom. The number of sulfonamides is 1. The Bertz CT molecular complexity index is 1430. The maximum absolute atomic E-state index is 14.2. The SMILES string of the molecule is CCCCNC(=O)C(CC)N(Cc1ccc(Cl)c(Cl)c1)C(=O)CN(c1ccccc1CC)S(=O)(=O)c1ccccc1. The van der Waals surface area contributed by atoms with E-state index in [1.807, 2.05) is 32.9 Å². The molecule has 41 heavy (non-hydrogen) atoms. The fourth-order valence-electron chi connectivity index (χ4n) is 4.55. The van der Waals surface area contributed by atoms with Crippen LogP contribution >= 0.6 is 23.2 Å². The minimum absolute atomic E-state index is 0.0457. The van der Waals surface area contributed by atoms with Gasteiger partial charge in [0.05, 0.1) is 20.6 Å². The number of amides is 2. The van der Waals surface area contributed by atoms with Gasteiger partial charge in [-0.2, -0.15) is 0 Å². The first-order chi connectivity index (χ1) is 19.6. The molecule has 0 aliphatic carbocycles. The molecule has 0 aliphatic rings. The number of hydrogen-bond acceptors (Lipinski definition) is 4. The zero-order valence-electron chi connectivity index (χ0n) is 23.6. The quantitative estimate of drug-likeness (QED) is 0.210. The molecule has 220 valence electrons. The van der Waals surface area contributed by atoms with E-state index in [1.165, 1.54) is 17.0 Å². The Morgan fingerprint density at radius 3 is 2.22 bits per heavy atom. The van der Waals surface area contributed by atoms with Gasteiger partial charge in [-0.05, 0) is 60.7 Å². The number of unbranched alkanes of at least 4 members (excludes halogenated alkanes) is 1. The maximum Gasteiger partial charge on any atom is 0.264 e. The van der Waals surface area contributed by atoms with Gasteiger partial charge in [0.15, 0.2) is 0 Å². The largest absolute Gasteiger partial charge is 0.354 e. The lowest BCUT2D eigenvalue weighted by Gasteiger charge is -2.33. The minimum Gasteiger partial charge on any atom is -0.354 e. The Balaban J connectivity index is 2.07. The van der Waals surface area contributed by atoms with Crippen molar-refractivity contribution in [2.45, 2.75) is 63.9 Å². The average molecular weight is 619 g/mol. The molecule has 3 aromatic rings. The monoisotopic (exact) mass is 617 g/mol. The second-order valence-corrected chi connectivity index (χ2v) is 12.3. The van der Waals surface area contributed by atoms with Crippen molar-refractivity contribution >= 4 is 50.7 Å². The molecule has 10 heteroatoms. The predicted molar refractivity (Wildman–Crippen MR) is 166 cm³/mol. The summed E-state index contributed by atoms with van der Waals surface area (Å²) in [7, 11) is -4.12. The van der Waals surface area contributed by atoms with Crippen LogP contribution in [-0.2, 0) is 32.6 Å². The molecule has 0 saturated carbocycles. The van der Waals surface area contributed by atoms with Crippen LogP contribution in [0.1, 0.15) is 51.2 Å². The van der Waals surface area contributed by atoms with Crippen molar-refractivity contribution < 1.29 is 18.0 Å². The highest BCUT2D eigenvalue weighted by atomic mass is 35.5. The third kappa shape index (κ3) is 8.24. The Hall–Kier alpha value is -3.07. The van der Waals surface area contributed by atoms with Crippen LogP contribution in [0.25, 0.3) is 0 Å². The second-order valence-electron chi connectivity index (χ2n) is 9.65. The van der Waals surface area contributed by atoms with Crippen molar-refractivity contribution in [3.05, 3.63) is 94.0 Å². The summed E-state index contributed by atoms with van der Waals surface area (Å²) in [4.78, 5) is 29.0. The van der Waals surface area contributed by atoms with E-state index >= 15 is 0 Å². The van der Waals surface area contributed by atoms with E-state index in [1.54, 1.807) is 48.5 Å². The highest BCUT2D eigenvalue weighted by molar-refractivity contribution is 7.92. The lowest BCUT2D eigenvalue weighted by molar-refractivity contribution is -0.140. The van der Waals surface area contributed by atoms with E-state index in [2.05, 4.69) is 5.32 Å². The molecule has 0 heterocycles. The Labute approximate surface area is 253 Å². The van der Waals surface area contributed by atoms with Gasteiger partial charge in [-0.3, -0.25) is 13.9 Å². The number of anilines is 1. The molecule has 0 spiro atoms. The molecule has 1 unspecified atom stereocenters. The Kier molecular flexibility index (Phi) is 12.1. The molecule has 0 aromatic heterocycles. The average Bonchev–Trinajstić information content (AvgIpc) is 2.98. The van der Waals surface area contributed by atoms with Gasteiger partial charge < -0.3 is 10.2 Å². The lowest BCUT2D eigenvalue weighted by Crippen LogP contribution is -2.52. The molecular weight excluding hydrogens is 581 g/mol. The van der Waals surface area contributed by atoms with Gasteiger partial charge in [0.1, 0.15) is 12.6 Å². The highest BCUT2D eigenvalue weighted by Crippen LogP contribution is 2.29. The van der Waals surface area contributed by atoms with Crippen molar-refractivity contribution in [2.24, 2.45) is 0 Å².